The van der Waals surface area contributed by atoms with E-state index in [1.54, 1.807) is 6.07 Å². The Hall–Kier alpha value is -0.300. The minimum absolute atomic E-state index is 0.104. The van der Waals surface area contributed by atoms with Crippen LogP contribution in [0, 0.1) is 10.5 Å². The fourth-order valence-corrected chi connectivity index (χ4v) is 1.53. The molecule has 0 unspecified atom stereocenters. The van der Waals surface area contributed by atoms with Gasteiger partial charge in [0, 0.05) is 3.57 Å². The van der Waals surface area contributed by atoms with E-state index >= 15 is 0 Å². The molecular weight excluding hydrogens is 306 g/mol. The number of rotatable bonds is 1. The van der Waals surface area contributed by atoms with Crippen LogP contribution in [-0.4, -0.2) is 6.18 Å². The van der Waals surface area contributed by atoms with Crippen molar-refractivity contribution in [2.75, 3.05) is 0 Å². The summed E-state index contributed by atoms with van der Waals surface area (Å²) in [5.74, 6) is 0. The minimum atomic E-state index is -4.38. The highest BCUT2D eigenvalue weighted by molar-refractivity contribution is 14.1. The Morgan fingerprint density at radius 1 is 1.36 bits per heavy atom. The fraction of sp³-hybridized carbons (Fsp3) is 0.333. The van der Waals surface area contributed by atoms with E-state index in [9.17, 15) is 13.2 Å². The lowest BCUT2D eigenvalue weighted by Crippen LogP contribution is -2.28. The maximum absolute atomic E-state index is 12.2. The highest BCUT2D eigenvalue weighted by Crippen LogP contribution is 2.31. The first kappa shape index (κ1) is 11.8. The van der Waals surface area contributed by atoms with Crippen molar-refractivity contribution in [3.8, 4) is 0 Å². The maximum Gasteiger partial charge on any atom is 0.407 e. The van der Waals surface area contributed by atoms with Crippen molar-refractivity contribution in [2.24, 2.45) is 5.73 Å². The molecule has 0 bridgehead atoms. The van der Waals surface area contributed by atoms with Crippen molar-refractivity contribution in [3.63, 3.8) is 0 Å². The molecule has 0 aromatic heterocycles. The second-order valence-corrected chi connectivity index (χ2v) is 4.19. The number of halogens is 4. The average molecular weight is 315 g/mol. The van der Waals surface area contributed by atoms with Crippen LogP contribution in [0.5, 0.6) is 0 Å². The van der Waals surface area contributed by atoms with Gasteiger partial charge in [0.1, 0.15) is 6.04 Å². The molecule has 0 aliphatic carbocycles. The van der Waals surface area contributed by atoms with Gasteiger partial charge >= 0.3 is 6.18 Å². The van der Waals surface area contributed by atoms with Crippen LogP contribution < -0.4 is 5.73 Å². The van der Waals surface area contributed by atoms with Gasteiger partial charge in [-0.3, -0.25) is 0 Å². The molecule has 0 spiro atoms. The van der Waals surface area contributed by atoms with Gasteiger partial charge in [0.2, 0.25) is 0 Å². The van der Waals surface area contributed by atoms with Gasteiger partial charge in [0.15, 0.2) is 0 Å². The second kappa shape index (κ2) is 4.06. The van der Waals surface area contributed by atoms with E-state index in [0.29, 0.717) is 0 Å². The molecule has 1 rings (SSSR count). The van der Waals surface area contributed by atoms with Gasteiger partial charge in [-0.15, -0.1) is 0 Å². The van der Waals surface area contributed by atoms with E-state index in [1.165, 1.54) is 12.1 Å². The summed E-state index contributed by atoms with van der Waals surface area (Å²) >= 11 is 1.99. The summed E-state index contributed by atoms with van der Waals surface area (Å²) < 4.78 is 37.5. The highest BCUT2D eigenvalue weighted by Gasteiger charge is 2.37. The summed E-state index contributed by atoms with van der Waals surface area (Å²) in [6.07, 6.45) is -4.38. The molecule has 0 aliphatic rings. The molecule has 2 N–H and O–H groups in total. The number of hydrogen-bond donors (Lipinski definition) is 1. The molecular formula is C9H9F3IN. The largest absolute Gasteiger partial charge is 0.407 e. The zero-order chi connectivity index (χ0) is 10.9. The molecule has 0 amide bonds. The Morgan fingerprint density at radius 3 is 2.36 bits per heavy atom. The number of alkyl halides is 3. The van der Waals surface area contributed by atoms with Gasteiger partial charge in [0.25, 0.3) is 0 Å². The monoisotopic (exact) mass is 315 g/mol. The van der Waals surface area contributed by atoms with Crippen molar-refractivity contribution in [1.82, 2.24) is 0 Å². The van der Waals surface area contributed by atoms with Crippen molar-refractivity contribution < 1.29 is 13.2 Å². The number of benzene rings is 1. The van der Waals surface area contributed by atoms with Crippen molar-refractivity contribution in [1.29, 1.82) is 0 Å². The molecule has 0 saturated carbocycles. The summed E-state index contributed by atoms with van der Waals surface area (Å²) in [6, 6.07) is 2.63. The fourth-order valence-electron chi connectivity index (χ4n) is 0.992. The maximum atomic E-state index is 12.2. The van der Waals surface area contributed by atoms with Gasteiger partial charge in [0.05, 0.1) is 0 Å². The second-order valence-electron chi connectivity index (χ2n) is 3.03. The van der Waals surface area contributed by atoms with Gasteiger partial charge in [-0.2, -0.15) is 13.2 Å². The molecule has 1 aromatic carbocycles. The van der Waals surface area contributed by atoms with Gasteiger partial charge in [-0.25, -0.2) is 0 Å². The SMILES string of the molecule is Cc1ccc([C@@H](N)C(F)(F)F)cc1I. The third-order valence-corrected chi connectivity index (χ3v) is 3.07. The summed E-state index contributed by atoms with van der Waals surface area (Å²) in [7, 11) is 0. The summed E-state index contributed by atoms with van der Waals surface area (Å²) in [5, 5.41) is 0. The van der Waals surface area contributed by atoms with Crippen LogP contribution in [0.1, 0.15) is 17.2 Å². The predicted octanol–water partition coefficient (Wildman–Crippen LogP) is 3.16. The highest BCUT2D eigenvalue weighted by atomic mass is 127. The number of hydrogen-bond acceptors (Lipinski definition) is 1. The normalized spacial score (nSPS) is 14.1. The molecule has 0 aliphatic heterocycles. The summed E-state index contributed by atoms with van der Waals surface area (Å²) in [5.41, 5.74) is 6.11. The van der Waals surface area contributed by atoms with Crippen LogP contribution in [0.4, 0.5) is 13.2 Å². The van der Waals surface area contributed by atoms with Crippen molar-refractivity contribution in [3.05, 3.63) is 32.9 Å². The third kappa shape index (κ3) is 2.60. The lowest BCUT2D eigenvalue weighted by molar-refractivity contribution is -0.149. The lowest BCUT2D eigenvalue weighted by atomic mass is 10.1. The first-order valence-electron chi connectivity index (χ1n) is 3.90. The Balaban J connectivity index is 3.03. The van der Waals surface area contributed by atoms with E-state index in [1.807, 2.05) is 29.5 Å². The van der Waals surface area contributed by atoms with Crippen molar-refractivity contribution in [2.45, 2.75) is 19.1 Å². The standard InChI is InChI=1S/C9H9F3IN/c1-5-2-3-6(4-7(5)13)8(14)9(10,11)12/h2-4,8H,14H2,1H3/t8-/m1/s1. The minimum Gasteiger partial charge on any atom is -0.316 e. The molecule has 1 aromatic rings. The zero-order valence-corrected chi connectivity index (χ0v) is 9.56. The number of nitrogens with two attached hydrogens (primary N) is 1. The van der Waals surface area contributed by atoms with Crippen LogP contribution in [0.3, 0.4) is 0 Å². The van der Waals surface area contributed by atoms with Gasteiger partial charge < -0.3 is 5.73 Å². The smallest absolute Gasteiger partial charge is 0.316 e. The molecule has 0 heterocycles. The first-order valence-corrected chi connectivity index (χ1v) is 4.98. The molecule has 5 heteroatoms. The topological polar surface area (TPSA) is 26.0 Å². The van der Waals surface area contributed by atoms with Crippen LogP contribution >= 0.6 is 22.6 Å². The third-order valence-electron chi connectivity index (χ3n) is 1.91. The molecule has 78 valence electrons. The summed E-state index contributed by atoms with van der Waals surface area (Å²) in [4.78, 5) is 0. The summed E-state index contributed by atoms with van der Waals surface area (Å²) in [6.45, 7) is 1.84. The van der Waals surface area contributed by atoms with E-state index in [2.05, 4.69) is 0 Å². The molecule has 1 nitrogen and oxygen atoms in total. The van der Waals surface area contributed by atoms with Crippen molar-refractivity contribution >= 4 is 22.6 Å². The van der Waals surface area contributed by atoms with Crippen LogP contribution in [0.25, 0.3) is 0 Å². The van der Waals surface area contributed by atoms with Gasteiger partial charge in [-0.1, -0.05) is 12.1 Å². The van der Waals surface area contributed by atoms with E-state index in [-0.39, 0.29) is 5.56 Å². The van der Waals surface area contributed by atoms with E-state index in [0.717, 1.165) is 9.13 Å². The average Bonchev–Trinajstić information content (AvgIpc) is 2.07. The quantitative estimate of drug-likeness (QED) is 0.792. The Kier molecular flexibility index (Phi) is 3.41. The van der Waals surface area contributed by atoms with E-state index in [4.69, 9.17) is 5.73 Å². The Bertz CT molecular complexity index is 335. The van der Waals surface area contributed by atoms with Crippen LogP contribution in [0.15, 0.2) is 18.2 Å². The predicted molar refractivity (Wildman–Crippen MR) is 56.9 cm³/mol. The molecule has 14 heavy (non-hydrogen) atoms. The first-order chi connectivity index (χ1) is 6.32. The molecule has 0 saturated heterocycles. The molecule has 0 radical (unpaired) electrons. The number of aryl methyl sites for hydroxylation is 1. The Morgan fingerprint density at radius 2 is 1.93 bits per heavy atom. The molecule has 1 atom stereocenters. The van der Waals surface area contributed by atoms with Crippen LogP contribution in [0.2, 0.25) is 0 Å². The van der Waals surface area contributed by atoms with Gasteiger partial charge in [-0.05, 0) is 46.7 Å². The lowest BCUT2D eigenvalue weighted by Gasteiger charge is -2.16. The zero-order valence-electron chi connectivity index (χ0n) is 7.40. The Labute approximate surface area is 93.6 Å². The van der Waals surface area contributed by atoms with E-state index < -0.39 is 12.2 Å². The molecule has 0 fully saturated rings. The van der Waals surface area contributed by atoms with Crippen LogP contribution in [-0.2, 0) is 0 Å².